The van der Waals surface area contributed by atoms with E-state index in [0.29, 0.717) is 6.04 Å². The lowest BCUT2D eigenvalue weighted by Crippen LogP contribution is -2.50. The summed E-state index contributed by atoms with van der Waals surface area (Å²) in [7, 11) is 0. The van der Waals surface area contributed by atoms with E-state index in [1.807, 2.05) is 0 Å². The molecule has 0 bridgehead atoms. The van der Waals surface area contributed by atoms with Gasteiger partial charge in [-0.2, -0.15) is 11.3 Å². The fourth-order valence-corrected chi connectivity index (χ4v) is 3.34. The standard InChI is InChI=1S/C13H17NO2S/c15-13(16)11-3-4-12(11)14(10-1-2-10)7-9-5-6-17-8-9/h5-6,8,10-12H,1-4,7H2,(H,15,16). The average molecular weight is 251 g/mol. The molecule has 2 fully saturated rings. The number of thiophene rings is 1. The van der Waals surface area contributed by atoms with Crippen LogP contribution in [0.4, 0.5) is 0 Å². The molecule has 2 unspecified atom stereocenters. The predicted molar refractivity (Wildman–Crippen MR) is 67.0 cm³/mol. The van der Waals surface area contributed by atoms with Crippen molar-refractivity contribution in [2.75, 3.05) is 0 Å². The zero-order chi connectivity index (χ0) is 11.8. The van der Waals surface area contributed by atoms with Crippen molar-refractivity contribution in [3.63, 3.8) is 0 Å². The molecule has 1 aromatic heterocycles. The Bertz CT molecular complexity index is 400. The van der Waals surface area contributed by atoms with Crippen molar-refractivity contribution in [3.05, 3.63) is 22.4 Å². The van der Waals surface area contributed by atoms with Crippen LogP contribution in [0.2, 0.25) is 0 Å². The quantitative estimate of drug-likeness (QED) is 0.874. The molecule has 0 aliphatic heterocycles. The molecule has 2 saturated carbocycles. The third kappa shape index (κ3) is 2.24. The van der Waals surface area contributed by atoms with E-state index in [4.69, 9.17) is 5.11 Å². The lowest BCUT2D eigenvalue weighted by molar-refractivity contribution is -0.149. The van der Waals surface area contributed by atoms with Crippen molar-refractivity contribution in [1.29, 1.82) is 0 Å². The number of carboxylic acids is 1. The second kappa shape index (κ2) is 4.42. The molecule has 4 heteroatoms. The van der Waals surface area contributed by atoms with Gasteiger partial charge in [-0.1, -0.05) is 0 Å². The Kier molecular flexibility index (Phi) is 2.92. The van der Waals surface area contributed by atoms with Gasteiger partial charge < -0.3 is 5.11 Å². The van der Waals surface area contributed by atoms with Gasteiger partial charge in [-0.15, -0.1) is 0 Å². The lowest BCUT2D eigenvalue weighted by Gasteiger charge is -2.42. The maximum absolute atomic E-state index is 11.1. The third-order valence-corrected chi connectivity index (χ3v) is 4.67. The first-order valence-corrected chi connectivity index (χ1v) is 7.19. The highest BCUT2D eigenvalue weighted by Gasteiger charge is 2.45. The van der Waals surface area contributed by atoms with Gasteiger partial charge in [0.05, 0.1) is 5.92 Å². The van der Waals surface area contributed by atoms with E-state index in [9.17, 15) is 4.79 Å². The van der Waals surface area contributed by atoms with Crippen LogP contribution in [0, 0.1) is 5.92 Å². The van der Waals surface area contributed by atoms with E-state index in [1.165, 1.54) is 18.4 Å². The second-order valence-electron chi connectivity index (χ2n) is 5.12. The Balaban J connectivity index is 1.70. The van der Waals surface area contributed by atoms with Gasteiger partial charge in [-0.05, 0) is 48.1 Å². The van der Waals surface area contributed by atoms with Crippen LogP contribution in [0.3, 0.4) is 0 Å². The van der Waals surface area contributed by atoms with Crippen molar-refractivity contribution < 1.29 is 9.90 Å². The fraction of sp³-hybridized carbons (Fsp3) is 0.615. The number of aliphatic carboxylic acids is 1. The molecule has 0 saturated heterocycles. The zero-order valence-electron chi connectivity index (χ0n) is 9.71. The summed E-state index contributed by atoms with van der Waals surface area (Å²) in [5.41, 5.74) is 1.33. The number of rotatable bonds is 5. The molecular weight excluding hydrogens is 234 g/mol. The first-order chi connectivity index (χ1) is 8.25. The van der Waals surface area contributed by atoms with Gasteiger partial charge in [0.1, 0.15) is 0 Å². The van der Waals surface area contributed by atoms with Crippen LogP contribution in [0.5, 0.6) is 0 Å². The van der Waals surface area contributed by atoms with Gasteiger partial charge in [0, 0.05) is 18.6 Å². The summed E-state index contributed by atoms with van der Waals surface area (Å²) >= 11 is 1.72. The molecule has 3 nitrogen and oxygen atoms in total. The number of hydrogen-bond acceptors (Lipinski definition) is 3. The number of hydrogen-bond donors (Lipinski definition) is 1. The molecule has 0 aromatic carbocycles. The van der Waals surface area contributed by atoms with Gasteiger partial charge >= 0.3 is 5.97 Å². The van der Waals surface area contributed by atoms with Gasteiger partial charge in [-0.25, -0.2) is 0 Å². The molecule has 17 heavy (non-hydrogen) atoms. The van der Waals surface area contributed by atoms with Crippen LogP contribution in [0.25, 0.3) is 0 Å². The Labute approximate surface area is 105 Å². The van der Waals surface area contributed by atoms with E-state index in [2.05, 4.69) is 21.7 Å². The van der Waals surface area contributed by atoms with Gasteiger partial charge in [0.15, 0.2) is 0 Å². The van der Waals surface area contributed by atoms with Crippen LogP contribution < -0.4 is 0 Å². The summed E-state index contributed by atoms with van der Waals surface area (Å²) in [5, 5.41) is 13.4. The molecule has 3 rings (SSSR count). The summed E-state index contributed by atoms with van der Waals surface area (Å²) in [5.74, 6) is -0.744. The summed E-state index contributed by atoms with van der Waals surface area (Å²) in [6, 6.07) is 3.07. The molecular formula is C13H17NO2S. The monoisotopic (exact) mass is 251 g/mol. The number of nitrogens with zero attached hydrogens (tertiary/aromatic N) is 1. The summed E-state index contributed by atoms with van der Waals surface area (Å²) in [6.07, 6.45) is 4.39. The SMILES string of the molecule is O=C(O)C1CCC1N(Cc1ccsc1)C1CC1. The molecule has 2 aliphatic rings. The molecule has 2 aliphatic carbocycles. The molecule has 92 valence electrons. The largest absolute Gasteiger partial charge is 0.481 e. The van der Waals surface area contributed by atoms with Crippen LogP contribution in [-0.4, -0.2) is 28.1 Å². The summed E-state index contributed by atoms with van der Waals surface area (Å²) in [4.78, 5) is 13.6. The van der Waals surface area contributed by atoms with Crippen LogP contribution in [0.1, 0.15) is 31.2 Å². The molecule has 1 N–H and O–H groups in total. The highest BCUT2D eigenvalue weighted by molar-refractivity contribution is 7.07. The van der Waals surface area contributed by atoms with Crippen molar-refractivity contribution >= 4 is 17.3 Å². The van der Waals surface area contributed by atoms with E-state index in [-0.39, 0.29) is 12.0 Å². The first-order valence-electron chi connectivity index (χ1n) is 6.25. The van der Waals surface area contributed by atoms with Gasteiger partial charge in [0.2, 0.25) is 0 Å². The maximum atomic E-state index is 11.1. The third-order valence-electron chi connectivity index (χ3n) is 3.94. The Morgan fingerprint density at radius 2 is 2.24 bits per heavy atom. The van der Waals surface area contributed by atoms with Gasteiger partial charge in [-0.3, -0.25) is 9.69 Å². The maximum Gasteiger partial charge on any atom is 0.308 e. The van der Waals surface area contributed by atoms with Crippen molar-refractivity contribution in [1.82, 2.24) is 4.90 Å². The Morgan fingerprint density at radius 1 is 1.41 bits per heavy atom. The van der Waals surface area contributed by atoms with Crippen LogP contribution in [0.15, 0.2) is 16.8 Å². The van der Waals surface area contributed by atoms with E-state index in [0.717, 1.165) is 19.4 Å². The minimum atomic E-state index is -0.614. The van der Waals surface area contributed by atoms with Crippen molar-refractivity contribution in [2.45, 2.75) is 44.3 Å². The number of carbonyl (C=O) groups is 1. The highest BCUT2D eigenvalue weighted by Crippen LogP contribution is 2.40. The van der Waals surface area contributed by atoms with Crippen LogP contribution >= 0.6 is 11.3 Å². The molecule has 1 heterocycles. The first kappa shape index (κ1) is 11.2. The molecule has 0 radical (unpaired) electrons. The number of carboxylic acid groups (broad SMARTS) is 1. The summed E-state index contributed by atoms with van der Waals surface area (Å²) < 4.78 is 0. The molecule has 0 amide bonds. The summed E-state index contributed by atoms with van der Waals surface area (Å²) in [6.45, 7) is 0.933. The topological polar surface area (TPSA) is 40.5 Å². The molecule has 0 spiro atoms. The Hall–Kier alpha value is -0.870. The predicted octanol–water partition coefficient (Wildman–Crippen LogP) is 2.58. The zero-order valence-corrected chi connectivity index (χ0v) is 10.5. The van der Waals surface area contributed by atoms with E-state index >= 15 is 0 Å². The van der Waals surface area contributed by atoms with Crippen LogP contribution in [-0.2, 0) is 11.3 Å². The molecule has 2 atom stereocenters. The van der Waals surface area contributed by atoms with Crippen molar-refractivity contribution in [2.24, 2.45) is 5.92 Å². The van der Waals surface area contributed by atoms with E-state index < -0.39 is 5.97 Å². The second-order valence-corrected chi connectivity index (χ2v) is 5.90. The normalized spacial score (nSPS) is 28.1. The fourth-order valence-electron chi connectivity index (χ4n) is 2.68. The minimum absolute atomic E-state index is 0.130. The lowest BCUT2D eigenvalue weighted by atomic mass is 9.78. The average Bonchev–Trinajstić information content (AvgIpc) is 2.94. The molecule has 1 aromatic rings. The van der Waals surface area contributed by atoms with E-state index in [1.54, 1.807) is 11.3 Å². The van der Waals surface area contributed by atoms with Gasteiger partial charge in [0.25, 0.3) is 0 Å². The highest BCUT2D eigenvalue weighted by atomic mass is 32.1. The smallest absolute Gasteiger partial charge is 0.308 e. The minimum Gasteiger partial charge on any atom is -0.481 e. The Morgan fingerprint density at radius 3 is 2.71 bits per heavy atom. The van der Waals surface area contributed by atoms with Crippen molar-refractivity contribution in [3.8, 4) is 0 Å².